The van der Waals surface area contributed by atoms with Crippen molar-refractivity contribution in [2.24, 2.45) is 5.11 Å². The van der Waals surface area contributed by atoms with Crippen molar-refractivity contribution in [2.75, 3.05) is 0 Å². The molecule has 8 heavy (non-hydrogen) atoms. The fourth-order valence-corrected chi connectivity index (χ4v) is 0.128. The maximum absolute atomic E-state index is 10.1. The first-order valence-corrected chi connectivity index (χ1v) is 1.95. The van der Waals surface area contributed by atoms with Gasteiger partial charge in [-0.05, 0) is 17.6 Å². The number of nitrogens with zero attached hydrogens (tertiary/aromatic N) is 3. The third kappa shape index (κ3) is 2.17. The Morgan fingerprint density at radius 1 is 2.00 bits per heavy atom. The van der Waals surface area contributed by atoms with Gasteiger partial charge in [0.05, 0.1) is 0 Å². The smallest absolute Gasteiger partial charge is 0.246 e. The molecule has 5 nitrogen and oxygen atoms in total. The Balaban J connectivity index is 3.84. The highest BCUT2D eigenvalue weighted by atomic mass is 16.3. The number of hydrogen-bond donors (Lipinski definition) is 1. The number of rotatable bonds is 1. The number of carbonyl (C=O) groups is 1. The molecule has 0 fully saturated rings. The molecule has 0 bridgehead atoms. The highest BCUT2D eigenvalue weighted by Gasteiger charge is 2.03. The molecule has 0 aliphatic rings. The molecular weight excluding hydrogens is 110 g/mol. The first kappa shape index (κ1) is 6.94. The van der Waals surface area contributed by atoms with Crippen molar-refractivity contribution in [3.05, 3.63) is 10.4 Å². The summed E-state index contributed by atoms with van der Waals surface area (Å²) in [7, 11) is 0. The molecule has 0 aromatic rings. The van der Waals surface area contributed by atoms with Crippen molar-refractivity contribution < 1.29 is 9.90 Å². The van der Waals surface area contributed by atoms with Crippen LogP contribution in [0.5, 0.6) is 0 Å². The average molecular weight is 115 g/mol. The number of hydrogen-bond acceptors (Lipinski definition) is 2. The fourth-order valence-electron chi connectivity index (χ4n) is 0.128. The van der Waals surface area contributed by atoms with Gasteiger partial charge in [0, 0.05) is 4.91 Å². The van der Waals surface area contributed by atoms with E-state index in [2.05, 4.69) is 10.0 Å². The van der Waals surface area contributed by atoms with Crippen LogP contribution in [0.4, 0.5) is 0 Å². The Kier molecular flexibility index (Phi) is 2.61. The first-order valence-electron chi connectivity index (χ1n) is 1.95. The summed E-state index contributed by atoms with van der Waals surface area (Å²) in [5.41, 5.74) is 7.61. The van der Waals surface area contributed by atoms with Crippen molar-refractivity contribution in [3.63, 3.8) is 0 Å². The fraction of sp³-hybridized carbons (Fsp3) is 0.667. The Morgan fingerprint density at radius 2 is 2.50 bits per heavy atom. The number of carbonyl (C=O) groups excluding carboxylic acids is 1. The van der Waals surface area contributed by atoms with Gasteiger partial charge in [0.25, 0.3) is 0 Å². The predicted molar refractivity (Wildman–Crippen MR) is 25.8 cm³/mol. The molecule has 0 spiro atoms. The second-order valence-corrected chi connectivity index (χ2v) is 1.20. The minimum absolute atomic E-state index is 0.854. The van der Waals surface area contributed by atoms with Crippen molar-refractivity contribution in [1.82, 2.24) is 0 Å². The molecule has 0 radical (unpaired) electrons. The lowest BCUT2D eigenvalue weighted by Gasteiger charge is -1.90. The third-order valence-corrected chi connectivity index (χ3v) is 0.501. The lowest BCUT2D eigenvalue weighted by atomic mass is 10.4. The zero-order chi connectivity index (χ0) is 6.57. The van der Waals surface area contributed by atoms with E-state index in [9.17, 15) is 4.79 Å². The summed E-state index contributed by atoms with van der Waals surface area (Å²) in [5.74, 6) is -0.854. The van der Waals surface area contributed by atoms with Crippen LogP contribution in [0, 0.1) is 0 Å². The van der Waals surface area contributed by atoms with Gasteiger partial charge in [-0.2, -0.15) is 0 Å². The van der Waals surface area contributed by atoms with Gasteiger partial charge in [0.1, 0.15) is 6.10 Å². The Morgan fingerprint density at radius 3 is 2.62 bits per heavy atom. The second kappa shape index (κ2) is 3.01. The molecule has 0 aromatic carbocycles. The molecule has 0 rings (SSSR count). The number of amides is 1. The van der Waals surface area contributed by atoms with Crippen molar-refractivity contribution in [1.29, 1.82) is 0 Å². The standard InChI is InChI=1S/C3H5N3O2/c1-2(7)3(8)5-6-4/h2,7H,1H3/t2-/m0/s1. The van der Waals surface area contributed by atoms with Gasteiger partial charge in [-0.3, -0.25) is 4.79 Å². The zero-order valence-electron chi connectivity index (χ0n) is 4.27. The molecule has 0 saturated carbocycles. The molecule has 1 N–H and O–H groups in total. The van der Waals surface area contributed by atoms with E-state index in [4.69, 9.17) is 10.6 Å². The second-order valence-electron chi connectivity index (χ2n) is 1.20. The molecule has 0 saturated heterocycles. The first-order chi connectivity index (χ1) is 3.68. The molecule has 0 heterocycles. The van der Waals surface area contributed by atoms with Gasteiger partial charge < -0.3 is 5.11 Å². The van der Waals surface area contributed by atoms with E-state index in [0.717, 1.165) is 0 Å². The van der Waals surface area contributed by atoms with Gasteiger partial charge in [-0.15, -0.1) is 0 Å². The van der Waals surface area contributed by atoms with E-state index in [1.807, 2.05) is 0 Å². The SMILES string of the molecule is C[C@H](O)C(=O)N=[N+]=[N-]. The molecule has 0 aromatic heterocycles. The summed E-state index contributed by atoms with van der Waals surface area (Å²) in [6.45, 7) is 1.23. The number of aliphatic hydroxyl groups excluding tert-OH is 1. The van der Waals surface area contributed by atoms with E-state index < -0.39 is 12.0 Å². The summed E-state index contributed by atoms with van der Waals surface area (Å²) < 4.78 is 0. The van der Waals surface area contributed by atoms with Gasteiger partial charge in [0.2, 0.25) is 5.91 Å². The van der Waals surface area contributed by atoms with Crippen LogP contribution >= 0.6 is 0 Å². The minimum atomic E-state index is -1.19. The normalized spacial score (nSPS) is 11.8. The summed E-state index contributed by atoms with van der Waals surface area (Å²) in [6, 6.07) is 0. The van der Waals surface area contributed by atoms with E-state index in [1.165, 1.54) is 6.92 Å². The van der Waals surface area contributed by atoms with Gasteiger partial charge >= 0.3 is 0 Å². The van der Waals surface area contributed by atoms with E-state index in [0.29, 0.717) is 0 Å². The quantitative estimate of drug-likeness (QED) is 0.300. The third-order valence-electron chi connectivity index (χ3n) is 0.501. The van der Waals surface area contributed by atoms with Crippen LogP contribution in [0.1, 0.15) is 6.92 Å². The summed E-state index contributed by atoms with van der Waals surface area (Å²) in [6.07, 6.45) is -1.19. The van der Waals surface area contributed by atoms with Crippen molar-refractivity contribution >= 4 is 5.91 Å². The molecule has 0 aliphatic heterocycles. The topological polar surface area (TPSA) is 86.1 Å². The molecular formula is C3H5N3O2. The van der Waals surface area contributed by atoms with Crippen molar-refractivity contribution in [3.8, 4) is 0 Å². The van der Waals surface area contributed by atoms with Crippen LogP contribution in [-0.2, 0) is 4.79 Å². The van der Waals surface area contributed by atoms with E-state index >= 15 is 0 Å². The number of aliphatic hydroxyl groups is 1. The highest BCUT2D eigenvalue weighted by Crippen LogP contribution is 1.83. The molecule has 1 atom stereocenters. The summed E-state index contributed by atoms with van der Waals surface area (Å²) in [4.78, 5) is 12.2. The van der Waals surface area contributed by atoms with Crippen LogP contribution in [0.25, 0.3) is 10.4 Å². The van der Waals surface area contributed by atoms with Crippen molar-refractivity contribution in [2.45, 2.75) is 13.0 Å². The minimum Gasteiger partial charge on any atom is -0.385 e. The molecule has 5 heteroatoms. The highest BCUT2D eigenvalue weighted by molar-refractivity contribution is 5.80. The molecule has 0 aliphatic carbocycles. The van der Waals surface area contributed by atoms with E-state index in [1.54, 1.807) is 0 Å². The lowest BCUT2D eigenvalue weighted by Crippen LogP contribution is -2.11. The van der Waals surface area contributed by atoms with Crippen LogP contribution in [0.3, 0.4) is 0 Å². The molecule has 0 unspecified atom stereocenters. The maximum Gasteiger partial charge on any atom is 0.246 e. The summed E-state index contributed by atoms with van der Waals surface area (Å²) >= 11 is 0. The monoisotopic (exact) mass is 115 g/mol. The van der Waals surface area contributed by atoms with Crippen LogP contribution in [0.15, 0.2) is 5.11 Å². The predicted octanol–water partition coefficient (Wildman–Crippen LogP) is 0.204. The van der Waals surface area contributed by atoms with Crippen LogP contribution in [0.2, 0.25) is 0 Å². The van der Waals surface area contributed by atoms with Gasteiger partial charge in [0.15, 0.2) is 0 Å². The maximum atomic E-state index is 10.1. The largest absolute Gasteiger partial charge is 0.385 e. The molecule has 44 valence electrons. The van der Waals surface area contributed by atoms with Gasteiger partial charge in [-0.1, -0.05) is 0 Å². The van der Waals surface area contributed by atoms with Crippen LogP contribution < -0.4 is 0 Å². The Labute approximate surface area is 45.6 Å². The van der Waals surface area contributed by atoms with E-state index in [-0.39, 0.29) is 0 Å². The number of azide groups is 1. The average Bonchev–Trinajstić information content (AvgIpc) is 1.67. The Bertz CT molecular complexity index is 135. The zero-order valence-corrected chi connectivity index (χ0v) is 4.27. The van der Waals surface area contributed by atoms with Crippen LogP contribution in [-0.4, -0.2) is 17.1 Å². The Hall–Kier alpha value is -1.06. The molecule has 1 amide bonds. The lowest BCUT2D eigenvalue weighted by molar-refractivity contribution is -0.125. The summed E-state index contributed by atoms with van der Waals surface area (Å²) in [5, 5.41) is 11.0. The van der Waals surface area contributed by atoms with Gasteiger partial charge in [-0.25, -0.2) is 0 Å².